The molecule has 2 N–H and O–H groups in total. The molecule has 5 rings (SSSR count). The number of anilines is 3. The highest BCUT2D eigenvalue weighted by Gasteiger charge is 2.46. The van der Waals surface area contributed by atoms with Crippen LogP contribution in [-0.4, -0.2) is 67.2 Å². The number of sulfonamides is 1. The van der Waals surface area contributed by atoms with E-state index in [1.54, 1.807) is 0 Å². The smallest absolute Gasteiger partial charge is 0.416 e. The van der Waals surface area contributed by atoms with Gasteiger partial charge in [-0.1, -0.05) is 19.4 Å². The van der Waals surface area contributed by atoms with E-state index in [0.29, 0.717) is 30.0 Å². The number of hydrogen-bond donors (Lipinski definition) is 2. The maximum atomic E-state index is 13.5. The molecule has 4 heterocycles. The summed E-state index contributed by atoms with van der Waals surface area (Å²) in [7, 11) is -3.82. The zero-order chi connectivity index (χ0) is 27.8. The summed E-state index contributed by atoms with van der Waals surface area (Å²) in [4.78, 5) is 42.8. The number of aromatic nitrogens is 3. The summed E-state index contributed by atoms with van der Waals surface area (Å²) in [6.07, 6.45) is 6.90. The second-order valence-corrected chi connectivity index (χ2v) is 12.9. The number of cyclic esters (lactones) is 1. The third-order valence-corrected chi connectivity index (χ3v) is 9.03. The van der Waals surface area contributed by atoms with Crippen molar-refractivity contribution in [1.29, 1.82) is 0 Å². The molecule has 1 saturated carbocycles. The fraction of sp³-hybridized carbons (Fsp3) is 0.577. The van der Waals surface area contributed by atoms with E-state index in [1.165, 1.54) is 42.1 Å². The highest BCUT2D eigenvalue weighted by Crippen LogP contribution is 2.54. The average Bonchev–Trinajstić information content (AvgIpc) is 3.60. The van der Waals surface area contributed by atoms with Gasteiger partial charge in [-0.3, -0.25) is 9.69 Å². The van der Waals surface area contributed by atoms with Crippen LogP contribution >= 0.6 is 0 Å². The van der Waals surface area contributed by atoms with Crippen molar-refractivity contribution in [2.75, 3.05) is 41.4 Å². The fourth-order valence-electron chi connectivity index (χ4n) is 5.01. The van der Waals surface area contributed by atoms with Crippen LogP contribution < -0.4 is 19.8 Å². The molecule has 210 valence electrons. The summed E-state index contributed by atoms with van der Waals surface area (Å²) in [5.41, 5.74) is -0.133. The molecule has 3 aliphatic rings. The molecule has 2 saturated heterocycles. The van der Waals surface area contributed by atoms with Crippen LogP contribution in [0, 0.1) is 5.41 Å². The molecule has 0 bridgehead atoms. The minimum atomic E-state index is -3.82. The summed E-state index contributed by atoms with van der Waals surface area (Å²) in [6, 6.07) is 4.42. The normalized spacial score (nSPS) is 19.7. The van der Waals surface area contributed by atoms with Gasteiger partial charge < -0.3 is 15.0 Å². The van der Waals surface area contributed by atoms with E-state index in [1.807, 2.05) is 25.7 Å². The van der Waals surface area contributed by atoms with Crippen LogP contribution in [0.4, 0.5) is 22.2 Å². The molecular formula is C26H35N7O5S. The third-order valence-electron chi connectivity index (χ3n) is 7.67. The second-order valence-electron chi connectivity index (χ2n) is 11.2. The first-order valence-electron chi connectivity index (χ1n) is 13.4. The van der Waals surface area contributed by atoms with Gasteiger partial charge in [0, 0.05) is 19.6 Å². The Balaban J connectivity index is 1.42. The SMILES string of the molecule is CCCCNS(=O)(=O)c1cccc(NC(=O)c2ncc(N3C(=O)OCC3(C)C)nc2N2CCC3(CC2)CC3)n1. The lowest BCUT2D eigenvalue weighted by Gasteiger charge is -2.34. The molecular weight excluding hydrogens is 522 g/mol. The average molecular weight is 558 g/mol. The van der Waals surface area contributed by atoms with E-state index < -0.39 is 27.6 Å². The van der Waals surface area contributed by atoms with E-state index in [2.05, 4.69) is 20.0 Å². The molecule has 2 aromatic heterocycles. The molecule has 3 fully saturated rings. The number of nitrogens with one attached hydrogen (secondary N) is 2. The van der Waals surface area contributed by atoms with Gasteiger partial charge in [0.15, 0.2) is 22.4 Å². The Labute approximate surface area is 228 Å². The predicted octanol–water partition coefficient (Wildman–Crippen LogP) is 3.32. The number of hydrogen-bond acceptors (Lipinski definition) is 9. The molecule has 2 aromatic rings. The Bertz CT molecular complexity index is 1370. The van der Waals surface area contributed by atoms with Gasteiger partial charge in [0.2, 0.25) is 0 Å². The number of pyridine rings is 1. The van der Waals surface area contributed by atoms with Crippen molar-refractivity contribution in [1.82, 2.24) is 19.7 Å². The number of unbranched alkanes of at least 4 members (excludes halogenated alkanes) is 1. The van der Waals surface area contributed by atoms with Gasteiger partial charge >= 0.3 is 6.09 Å². The van der Waals surface area contributed by atoms with Gasteiger partial charge in [-0.05, 0) is 63.5 Å². The zero-order valence-corrected chi connectivity index (χ0v) is 23.4. The molecule has 2 amide bonds. The third kappa shape index (κ3) is 5.69. The van der Waals surface area contributed by atoms with Crippen molar-refractivity contribution in [2.45, 2.75) is 69.9 Å². The van der Waals surface area contributed by atoms with E-state index >= 15 is 0 Å². The van der Waals surface area contributed by atoms with Crippen LogP contribution in [-0.2, 0) is 14.8 Å². The van der Waals surface area contributed by atoms with E-state index in [0.717, 1.165) is 32.4 Å². The number of amides is 2. The minimum Gasteiger partial charge on any atom is -0.447 e. The van der Waals surface area contributed by atoms with Crippen molar-refractivity contribution < 1.29 is 22.7 Å². The van der Waals surface area contributed by atoms with Crippen LogP contribution in [0.3, 0.4) is 0 Å². The highest BCUT2D eigenvalue weighted by molar-refractivity contribution is 7.89. The largest absolute Gasteiger partial charge is 0.447 e. The van der Waals surface area contributed by atoms with Crippen LogP contribution in [0.5, 0.6) is 0 Å². The minimum absolute atomic E-state index is 0.0759. The second kappa shape index (κ2) is 10.3. The van der Waals surface area contributed by atoms with Gasteiger partial charge in [0.25, 0.3) is 15.9 Å². The monoisotopic (exact) mass is 557 g/mol. The lowest BCUT2D eigenvalue weighted by Crippen LogP contribution is -2.43. The molecule has 1 aliphatic carbocycles. The highest BCUT2D eigenvalue weighted by atomic mass is 32.2. The number of nitrogens with zero attached hydrogens (tertiary/aromatic N) is 5. The first-order valence-corrected chi connectivity index (χ1v) is 14.9. The van der Waals surface area contributed by atoms with Crippen molar-refractivity contribution >= 4 is 39.5 Å². The lowest BCUT2D eigenvalue weighted by molar-refractivity contribution is 0.102. The molecule has 0 aromatic carbocycles. The van der Waals surface area contributed by atoms with Crippen LogP contribution in [0.1, 0.15) is 69.8 Å². The van der Waals surface area contributed by atoms with Gasteiger partial charge in [0.1, 0.15) is 12.4 Å². The standard InChI is InChI=1S/C26H35N7O5S/c1-4-5-13-28-39(36,37)20-8-6-7-18(29-20)30-23(34)21-22(32-14-11-26(9-10-26)12-15-32)31-19(16-27-21)33-24(35)38-17-25(33,2)3/h6-8,16,28H,4-5,9-15,17H2,1-3H3,(H,29,30,34). The molecule has 12 nitrogen and oxygen atoms in total. The van der Waals surface area contributed by atoms with E-state index in [4.69, 9.17) is 9.72 Å². The number of carbonyl (C=O) groups is 2. The molecule has 2 aliphatic heterocycles. The van der Waals surface area contributed by atoms with E-state index in [9.17, 15) is 18.0 Å². The summed E-state index contributed by atoms with van der Waals surface area (Å²) >= 11 is 0. The van der Waals surface area contributed by atoms with Crippen molar-refractivity contribution in [3.05, 3.63) is 30.1 Å². The Morgan fingerprint density at radius 3 is 2.51 bits per heavy atom. The summed E-state index contributed by atoms with van der Waals surface area (Å²) in [5, 5.41) is 2.50. The Morgan fingerprint density at radius 2 is 1.87 bits per heavy atom. The van der Waals surface area contributed by atoms with Gasteiger partial charge in [-0.15, -0.1) is 0 Å². The van der Waals surface area contributed by atoms with E-state index in [-0.39, 0.29) is 23.1 Å². The van der Waals surface area contributed by atoms with Crippen molar-refractivity contribution in [3.8, 4) is 0 Å². The quantitative estimate of drug-likeness (QED) is 0.443. The van der Waals surface area contributed by atoms with Crippen LogP contribution in [0.15, 0.2) is 29.4 Å². The summed E-state index contributed by atoms with van der Waals surface area (Å²) < 4.78 is 33.0. The summed E-state index contributed by atoms with van der Waals surface area (Å²) in [5.74, 6) is 0.196. The molecule has 0 atom stereocenters. The molecule has 0 radical (unpaired) electrons. The van der Waals surface area contributed by atoms with Crippen molar-refractivity contribution in [2.24, 2.45) is 5.41 Å². The fourth-order valence-corrected chi connectivity index (χ4v) is 6.05. The number of rotatable bonds is 9. The number of piperidine rings is 1. The first-order chi connectivity index (χ1) is 18.5. The molecule has 0 unspecified atom stereocenters. The Morgan fingerprint density at radius 1 is 1.13 bits per heavy atom. The molecule has 39 heavy (non-hydrogen) atoms. The molecule has 1 spiro atoms. The zero-order valence-electron chi connectivity index (χ0n) is 22.6. The number of ether oxygens (including phenoxy) is 1. The first kappa shape index (κ1) is 27.3. The lowest BCUT2D eigenvalue weighted by atomic mass is 9.93. The van der Waals surface area contributed by atoms with Crippen LogP contribution in [0.25, 0.3) is 0 Å². The van der Waals surface area contributed by atoms with Gasteiger partial charge in [0.05, 0.1) is 11.7 Å². The van der Waals surface area contributed by atoms with Crippen LogP contribution in [0.2, 0.25) is 0 Å². The topological polar surface area (TPSA) is 147 Å². The maximum Gasteiger partial charge on any atom is 0.416 e. The summed E-state index contributed by atoms with van der Waals surface area (Å²) in [6.45, 7) is 7.69. The maximum absolute atomic E-state index is 13.5. The van der Waals surface area contributed by atoms with Crippen molar-refractivity contribution in [3.63, 3.8) is 0 Å². The Hall–Kier alpha value is -3.32. The van der Waals surface area contributed by atoms with Gasteiger partial charge in [-0.2, -0.15) is 0 Å². The number of carbonyl (C=O) groups excluding carboxylic acids is 2. The molecule has 13 heteroatoms. The predicted molar refractivity (Wildman–Crippen MR) is 145 cm³/mol. The van der Waals surface area contributed by atoms with Gasteiger partial charge in [-0.25, -0.2) is 32.9 Å². The Kier molecular flexibility index (Phi) is 7.23.